The van der Waals surface area contributed by atoms with E-state index in [4.69, 9.17) is 11.6 Å². The van der Waals surface area contributed by atoms with Crippen molar-refractivity contribution in [3.63, 3.8) is 0 Å². The van der Waals surface area contributed by atoms with Crippen molar-refractivity contribution in [1.82, 2.24) is 0 Å². The fraction of sp³-hybridized carbons (Fsp3) is 0.857. The lowest BCUT2D eigenvalue weighted by molar-refractivity contribution is 0.545. The summed E-state index contributed by atoms with van der Waals surface area (Å²) in [6, 6.07) is 0. The third kappa shape index (κ3) is 1.38. The molecule has 1 rings (SSSR count). The number of alkyl halides is 1. The van der Waals surface area contributed by atoms with E-state index in [0.29, 0.717) is 5.38 Å². The van der Waals surface area contributed by atoms with Crippen LogP contribution in [0.2, 0.25) is 0 Å². The molecule has 47 valence electrons. The first kappa shape index (κ1) is 6.41. The highest BCUT2D eigenvalue weighted by Gasteiger charge is 2.18. The summed E-state index contributed by atoms with van der Waals surface area (Å²) < 4.78 is 0. The third-order valence-electron chi connectivity index (χ3n) is 1.81. The molecular formula is C7H12Cl. The van der Waals surface area contributed by atoms with Crippen LogP contribution < -0.4 is 0 Å². The van der Waals surface area contributed by atoms with Gasteiger partial charge in [0.25, 0.3) is 0 Å². The van der Waals surface area contributed by atoms with Gasteiger partial charge in [-0.1, -0.05) is 19.8 Å². The lowest BCUT2D eigenvalue weighted by atomic mass is 9.90. The van der Waals surface area contributed by atoms with E-state index >= 15 is 0 Å². The molecule has 0 heterocycles. The van der Waals surface area contributed by atoms with Crippen molar-refractivity contribution in [3.8, 4) is 0 Å². The van der Waals surface area contributed by atoms with E-state index in [-0.39, 0.29) is 0 Å². The van der Waals surface area contributed by atoms with Gasteiger partial charge in [-0.2, -0.15) is 0 Å². The van der Waals surface area contributed by atoms with Crippen molar-refractivity contribution in [2.24, 2.45) is 0 Å². The van der Waals surface area contributed by atoms with Crippen LogP contribution in [0.4, 0.5) is 0 Å². The summed E-state index contributed by atoms with van der Waals surface area (Å²) in [4.78, 5) is 0. The average molecular weight is 132 g/mol. The third-order valence-corrected chi connectivity index (χ3v) is 2.40. The van der Waals surface area contributed by atoms with Crippen LogP contribution >= 0.6 is 11.6 Å². The largest absolute Gasteiger partial charge is 0.122 e. The van der Waals surface area contributed by atoms with Crippen LogP contribution in [-0.4, -0.2) is 5.38 Å². The molecule has 0 saturated heterocycles. The van der Waals surface area contributed by atoms with Gasteiger partial charge >= 0.3 is 0 Å². The lowest BCUT2D eigenvalue weighted by Gasteiger charge is -2.21. The Bertz CT molecular complexity index is 60.8. The second kappa shape index (κ2) is 2.72. The Balaban J connectivity index is 2.28. The molecule has 0 amide bonds. The zero-order valence-electron chi connectivity index (χ0n) is 5.28. The molecule has 1 saturated carbocycles. The molecule has 1 unspecified atom stereocenters. The van der Waals surface area contributed by atoms with E-state index in [0.717, 1.165) is 0 Å². The molecule has 1 atom stereocenters. The average Bonchev–Trinajstić information content (AvgIpc) is 1.77. The second-order valence-corrected chi connectivity index (χ2v) is 3.09. The molecule has 0 nitrogen and oxygen atoms in total. The van der Waals surface area contributed by atoms with E-state index in [1.54, 1.807) is 0 Å². The fourth-order valence-electron chi connectivity index (χ4n) is 1.13. The van der Waals surface area contributed by atoms with Gasteiger partial charge in [-0.15, -0.1) is 11.6 Å². The Hall–Kier alpha value is 0.290. The Morgan fingerprint density at radius 1 is 1.50 bits per heavy atom. The minimum atomic E-state index is 0.392. The second-order valence-electron chi connectivity index (χ2n) is 2.56. The van der Waals surface area contributed by atoms with E-state index in [2.05, 4.69) is 6.92 Å². The summed E-state index contributed by atoms with van der Waals surface area (Å²) in [5.74, 6) is 1.48. The molecule has 0 spiro atoms. The normalized spacial score (nSPS) is 33.0. The predicted octanol–water partition coefficient (Wildman–Crippen LogP) is 2.76. The van der Waals surface area contributed by atoms with E-state index in [9.17, 15) is 0 Å². The summed E-state index contributed by atoms with van der Waals surface area (Å²) in [5, 5.41) is 0.392. The number of hydrogen-bond acceptors (Lipinski definition) is 0. The molecular weight excluding hydrogens is 120 g/mol. The number of hydrogen-bond donors (Lipinski definition) is 0. The Morgan fingerprint density at radius 2 is 2.25 bits per heavy atom. The molecule has 0 N–H and O–H groups in total. The van der Waals surface area contributed by atoms with Crippen molar-refractivity contribution in [2.75, 3.05) is 0 Å². The van der Waals surface area contributed by atoms with Crippen molar-refractivity contribution >= 4 is 11.6 Å². The molecule has 1 aliphatic carbocycles. The molecule has 0 bridgehead atoms. The topological polar surface area (TPSA) is 0 Å². The van der Waals surface area contributed by atoms with Gasteiger partial charge in [0.2, 0.25) is 0 Å². The van der Waals surface area contributed by atoms with Crippen LogP contribution in [0.15, 0.2) is 0 Å². The first-order valence-corrected chi connectivity index (χ1v) is 3.71. The predicted molar refractivity (Wildman–Crippen MR) is 37.0 cm³/mol. The summed E-state index contributed by atoms with van der Waals surface area (Å²) >= 11 is 5.93. The van der Waals surface area contributed by atoms with Gasteiger partial charge in [0.05, 0.1) is 0 Å². The standard InChI is InChI=1S/C7H12Cl/c1-6-4-2-3-5-7(6)8/h7H,2-5H2,1H3. The summed E-state index contributed by atoms with van der Waals surface area (Å²) in [6.07, 6.45) is 5.14. The van der Waals surface area contributed by atoms with Gasteiger partial charge in [0, 0.05) is 5.38 Å². The van der Waals surface area contributed by atoms with Gasteiger partial charge in [-0.25, -0.2) is 0 Å². The van der Waals surface area contributed by atoms with Crippen molar-refractivity contribution in [1.29, 1.82) is 0 Å². The minimum Gasteiger partial charge on any atom is -0.122 e. The van der Waals surface area contributed by atoms with Crippen LogP contribution in [0.25, 0.3) is 0 Å². The summed E-state index contributed by atoms with van der Waals surface area (Å²) in [5.41, 5.74) is 0. The first-order chi connectivity index (χ1) is 3.80. The molecule has 0 aliphatic heterocycles. The van der Waals surface area contributed by atoms with Crippen molar-refractivity contribution < 1.29 is 0 Å². The molecule has 0 aromatic heterocycles. The zero-order chi connectivity index (χ0) is 5.98. The van der Waals surface area contributed by atoms with E-state index in [1.165, 1.54) is 31.6 Å². The van der Waals surface area contributed by atoms with Gasteiger partial charge < -0.3 is 0 Å². The maximum absolute atomic E-state index is 5.93. The quantitative estimate of drug-likeness (QED) is 0.444. The number of rotatable bonds is 0. The highest BCUT2D eigenvalue weighted by Crippen LogP contribution is 2.29. The molecule has 1 aliphatic rings. The van der Waals surface area contributed by atoms with E-state index < -0.39 is 0 Å². The van der Waals surface area contributed by atoms with Gasteiger partial charge in [0.1, 0.15) is 0 Å². The molecule has 1 radical (unpaired) electrons. The lowest BCUT2D eigenvalue weighted by Crippen LogP contribution is -2.13. The Labute approximate surface area is 56.2 Å². The van der Waals surface area contributed by atoms with Gasteiger partial charge in [0.15, 0.2) is 0 Å². The SMILES string of the molecule is C[C]1CCCCC1Cl. The van der Waals surface area contributed by atoms with Crippen LogP contribution in [0.5, 0.6) is 0 Å². The molecule has 1 heteroatoms. The molecule has 0 aromatic rings. The first-order valence-electron chi connectivity index (χ1n) is 3.27. The Morgan fingerprint density at radius 3 is 2.62 bits per heavy atom. The van der Waals surface area contributed by atoms with Gasteiger partial charge in [-0.05, 0) is 18.8 Å². The Kier molecular flexibility index (Phi) is 2.18. The van der Waals surface area contributed by atoms with Crippen LogP contribution in [-0.2, 0) is 0 Å². The summed E-state index contributed by atoms with van der Waals surface area (Å²) in [7, 11) is 0. The van der Waals surface area contributed by atoms with Crippen LogP contribution in [0.3, 0.4) is 0 Å². The van der Waals surface area contributed by atoms with Crippen molar-refractivity contribution in [3.05, 3.63) is 5.92 Å². The molecule has 0 aromatic carbocycles. The maximum atomic E-state index is 5.93. The smallest absolute Gasteiger partial charge is 0.0395 e. The van der Waals surface area contributed by atoms with Gasteiger partial charge in [-0.3, -0.25) is 0 Å². The highest BCUT2D eigenvalue weighted by molar-refractivity contribution is 6.21. The fourth-order valence-corrected chi connectivity index (χ4v) is 1.39. The molecule has 8 heavy (non-hydrogen) atoms. The van der Waals surface area contributed by atoms with Crippen LogP contribution in [0, 0.1) is 5.92 Å². The van der Waals surface area contributed by atoms with Crippen LogP contribution in [0.1, 0.15) is 32.6 Å². The number of halogens is 1. The minimum absolute atomic E-state index is 0.392. The van der Waals surface area contributed by atoms with Crippen molar-refractivity contribution in [2.45, 2.75) is 38.0 Å². The molecule has 1 fully saturated rings. The zero-order valence-corrected chi connectivity index (χ0v) is 6.04. The monoisotopic (exact) mass is 131 g/mol. The maximum Gasteiger partial charge on any atom is 0.0395 e. The summed E-state index contributed by atoms with van der Waals surface area (Å²) in [6.45, 7) is 2.16. The highest BCUT2D eigenvalue weighted by atomic mass is 35.5. The van der Waals surface area contributed by atoms with E-state index in [1.807, 2.05) is 0 Å².